The van der Waals surface area contributed by atoms with Crippen LogP contribution >= 0.6 is 0 Å². The van der Waals surface area contributed by atoms with E-state index in [2.05, 4.69) is 23.5 Å². The predicted octanol–water partition coefficient (Wildman–Crippen LogP) is 3.74. The molecule has 2 aromatic rings. The topological polar surface area (TPSA) is 125 Å². The second kappa shape index (κ2) is 12.8. The van der Waals surface area contributed by atoms with Crippen molar-refractivity contribution in [2.75, 3.05) is 53.9 Å². The first-order chi connectivity index (χ1) is 17.6. The van der Waals surface area contributed by atoms with Gasteiger partial charge in [-0.25, -0.2) is 18.2 Å². The van der Waals surface area contributed by atoms with Gasteiger partial charge < -0.3 is 15.5 Å². The van der Waals surface area contributed by atoms with Crippen LogP contribution in [0.2, 0.25) is 0 Å². The van der Waals surface area contributed by atoms with Gasteiger partial charge in [-0.3, -0.25) is 14.6 Å². The maximum absolute atomic E-state index is 13.3. The molecule has 1 aliphatic rings. The Kier molecular flexibility index (Phi) is 9.79. The molecule has 37 heavy (non-hydrogen) atoms. The first kappa shape index (κ1) is 28.3. The highest BCUT2D eigenvalue weighted by molar-refractivity contribution is 7.92. The number of sulfonamides is 1. The fraction of sp³-hybridized carbons (Fsp3) is 0.423. The van der Waals surface area contributed by atoms with Gasteiger partial charge in [0.05, 0.1) is 24.6 Å². The molecule has 0 aliphatic carbocycles. The van der Waals surface area contributed by atoms with Crippen LogP contribution < -0.4 is 14.9 Å². The number of nitrogens with one attached hydrogen (secondary N) is 2. The Balaban J connectivity index is 1.67. The molecule has 0 radical (unpaired) electrons. The SMILES string of the molecule is C=CCN(CC(O)c1ccc(O)c(NS(C)(=O)=O)c1)N1CCN(c2ccc(NCCCCC)cc2)C1=O. The monoisotopic (exact) mass is 531 g/mol. The number of urea groups is 1. The van der Waals surface area contributed by atoms with Crippen molar-refractivity contribution in [1.82, 2.24) is 10.0 Å². The van der Waals surface area contributed by atoms with Gasteiger partial charge in [0, 0.05) is 37.6 Å². The van der Waals surface area contributed by atoms with Crippen molar-refractivity contribution >= 4 is 33.1 Å². The molecule has 10 nitrogen and oxygen atoms in total. The fourth-order valence-corrected chi connectivity index (χ4v) is 4.73. The summed E-state index contributed by atoms with van der Waals surface area (Å²) < 4.78 is 25.4. The number of hydrogen-bond donors (Lipinski definition) is 4. The summed E-state index contributed by atoms with van der Waals surface area (Å²) in [5.74, 6) is -0.253. The Morgan fingerprint density at radius 1 is 1.16 bits per heavy atom. The summed E-state index contributed by atoms with van der Waals surface area (Å²) in [6.45, 7) is 8.18. The van der Waals surface area contributed by atoms with Crippen molar-refractivity contribution in [3.05, 3.63) is 60.7 Å². The molecule has 11 heteroatoms. The molecular weight excluding hydrogens is 494 g/mol. The lowest BCUT2D eigenvalue weighted by Gasteiger charge is -2.32. The number of carbonyl (C=O) groups is 1. The summed E-state index contributed by atoms with van der Waals surface area (Å²) >= 11 is 0. The standard InChI is InChI=1S/C26H37N5O5S/c1-4-6-7-14-27-21-9-11-22(12-10-21)30-16-17-31(26(30)34)29(15-5-2)19-25(33)20-8-13-24(32)23(18-20)28-37(3,35)36/h5,8-13,18,25,27-28,32-33H,2,4,6-7,14-17,19H2,1,3H3. The molecule has 1 saturated heterocycles. The summed E-state index contributed by atoms with van der Waals surface area (Å²) in [5.41, 5.74) is 2.17. The highest BCUT2D eigenvalue weighted by atomic mass is 32.2. The van der Waals surface area contributed by atoms with Gasteiger partial charge in [0.15, 0.2) is 0 Å². The van der Waals surface area contributed by atoms with Crippen molar-refractivity contribution < 1.29 is 23.4 Å². The summed E-state index contributed by atoms with van der Waals surface area (Å²) in [4.78, 5) is 15.0. The molecule has 1 unspecified atom stereocenters. The Bertz CT molecular complexity index is 1170. The molecule has 1 fully saturated rings. The maximum Gasteiger partial charge on any atom is 0.339 e. The number of carbonyl (C=O) groups excluding carboxylic acids is 1. The van der Waals surface area contributed by atoms with Crippen molar-refractivity contribution in [1.29, 1.82) is 0 Å². The summed E-state index contributed by atoms with van der Waals surface area (Å²) in [6.07, 6.45) is 5.04. The molecule has 0 aromatic heterocycles. The van der Waals surface area contributed by atoms with Crippen LogP contribution in [0.15, 0.2) is 55.1 Å². The fourth-order valence-electron chi connectivity index (χ4n) is 4.16. The third-order valence-corrected chi connectivity index (χ3v) is 6.63. The number of amides is 2. The minimum atomic E-state index is -3.61. The average Bonchev–Trinajstić information content (AvgIpc) is 3.23. The second-order valence-corrected chi connectivity index (χ2v) is 10.8. The summed E-state index contributed by atoms with van der Waals surface area (Å²) in [6, 6.07) is 11.8. The van der Waals surface area contributed by atoms with Crippen LogP contribution in [0, 0.1) is 0 Å². The Hall–Kier alpha value is -3.28. The molecule has 1 atom stereocenters. The molecule has 2 aromatic carbocycles. The van der Waals surface area contributed by atoms with Crippen molar-refractivity contribution in [2.45, 2.75) is 32.3 Å². The first-order valence-electron chi connectivity index (χ1n) is 12.4. The molecule has 0 spiro atoms. The third kappa shape index (κ3) is 7.85. The number of hydrogen-bond acceptors (Lipinski definition) is 7. The number of aromatic hydroxyl groups is 1. The third-order valence-electron chi connectivity index (χ3n) is 6.04. The van der Waals surface area contributed by atoms with Gasteiger partial charge in [0.25, 0.3) is 0 Å². The lowest BCUT2D eigenvalue weighted by atomic mass is 10.1. The lowest BCUT2D eigenvalue weighted by Crippen LogP contribution is -2.47. The van der Waals surface area contributed by atoms with Crippen molar-refractivity contribution in [3.63, 3.8) is 0 Å². The van der Waals surface area contributed by atoms with Crippen molar-refractivity contribution in [3.8, 4) is 5.75 Å². The molecule has 1 heterocycles. The van der Waals surface area contributed by atoms with Crippen LogP contribution in [0.4, 0.5) is 21.9 Å². The zero-order valence-corrected chi connectivity index (χ0v) is 22.2. The van der Waals surface area contributed by atoms with E-state index in [1.165, 1.54) is 31.0 Å². The Morgan fingerprint density at radius 2 is 1.89 bits per heavy atom. The summed E-state index contributed by atoms with van der Waals surface area (Å²) in [5, 5.41) is 27.6. The normalized spacial score (nSPS) is 14.8. The van der Waals surface area contributed by atoms with Crippen LogP contribution in [0.1, 0.15) is 37.9 Å². The number of aliphatic hydroxyl groups excluding tert-OH is 1. The number of rotatable bonds is 14. The number of nitrogens with zero attached hydrogens (tertiary/aromatic N) is 3. The van der Waals surface area contributed by atoms with Crippen LogP contribution in [0.5, 0.6) is 5.75 Å². The van der Waals surface area contributed by atoms with Gasteiger partial charge >= 0.3 is 6.03 Å². The molecule has 4 N–H and O–H groups in total. The number of hydrazine groups is 1. The number of unbranched alkanes of at least 4 members (excludes halogenated alkanes) is 2. The van der Waals surface area contributed by atoms with Crippen LogP contribution in [-0.4, -0.2) is 73.7 Å². The van der Waals surface area contributed by atoms with Gasteiger partial charge in [-0.15, -0.1) is 6.58 Å². The number of aliphatic hydroxyl groups is 1. The van der Waals surface area contributed by atoms with E-state index in [0.29, 0.717) is 25.2 Å². The molecule has 0 bridgehead atoms. The quantitative estimate of drug-likeness (QED) is 0.166. The van der Waals surface area contributed by atoms with E-state index in [9.17, 15) is 23.4 Å². The van der Waals surface area contributed by atoms with Gasteiger partial charge in [-0.1, -0.05) is 31.9 Å². The van der Waals surface area contributed by atoms with Crippen LogP contribution in [0.3, 0.4) is 0 Å². The second-order valence-electron chi connectivity index (χ2n) is 9.06. The molecule has 1 aliphatic heterocycles. The van der Waals surface area contributed by atoms with E-state index in [4.69, 9.17) is 0 Å². The average molecular weight is 532 g/mol. The number of benzene rings is 2. The van der Waals surface area contributed by atoms with Crippen LogP contribution in [-0.2, 0) is 10.0 Å². The van der Waals surface area contributed by atoms with E-state index in [1.54, 1.807) is 21.0 Å². The number of anilines is 3. The zero-order chi connectivity index (χ0) is 27.0. The van der Waals surface area contributed by atoms with E-state index in [-0.39, 0.29) is 24.0 Å². The molecule has 0 saturated carbocycles. The molecule has 202 valence electrons. The van der Waals surface area contributed by atoms with Gasteiger partial charge in [-0.05, 0) is 48.4 Å². The van der Waals surface area contributed by atoms with Gasteiger partial charge in [0.2, 0.25) is 10.0 Å². The van der Waals surface area contributed by atoms with E-state index in [1.807, 2.05) is 24.3 Å². The number of phenolic OH excluding ortho intramolecular Hbond substituents is 1. The molecular formula is C26H37N5O5S. The van der Waals surface area contributed by atoms with Crippen molar-refractivity contribution in [2.24, 2.45) is 0 Å². The minimum Gasteiger partial charge on any atom is -0.506 e. The van der Waals surface area contributed by atoms with E-state index in [0.717, 1.165) is 30.6 Å². The van der Waals surface area contributed by atoms with Gasteiger partial charge in [-0.2, -0.15) is 0 Å². The number of phenols is 1. The summed E-state index contributed by atoms with van der Waals surface area (Å²) in [7, 11) is -3.61. The molecule has 2 amide bonds. The maximum atomic E-state index is 13.3. The molecule has 3 rings (SSSR count). The zero-order valence-electron chi connectivity index (χ0n) is 21.4. The minimum absolute atomic E-state index is 0.0268. The smallest absolute Gasteiger partial charge is 0.339 e. The Morgan fingerprint density at radius 3 is 2.54 bits per heavy atom. The highest BCUT2D eigenvalue weighted by Gasteiger charge is 2.34. The predicted molar refractivity (Wildman–Crippen MR) is 147 cm³/mol. The first-order valence-corrected chi connectivity index (χ1v) is 14.3. The van der Waals surface area contributed by atoms with Crippen LogP contribution in [0.25, 0.3) is 0 Å². The largest absolute Gasteiger partial charge is 0.506 e. The van der Waals surface area contributed by atoms with Gasteiger partial charge in [0.1, 0.15) is 5.75 Å². The van der Waals surface area contributed by atoms with E-state index < -0.39 is 16.1 Å². The highest BCUT2D eigenvalue weighted by Crippen LogP contribution is 2.29. The lowest BCUT2D eigenvalue weighted by molar-refractivity contribution is 0.00153. The van der Waals surface area contributed by atoms with E-state index >= 15 is 0 Å². The Labute approximate surface area is 219 Å².